The van der Waals surface area contributed by atoms with E-state index in [1.54, 1.807) is 60.4 Å². The van der Waals surface area contributed by atoms with Crippen molar-refractivity contribution in [2.45, 2.75) is 13.2 Å². The third-order valence-corrected chi connectivity index (χ3v) is 4.07. The Bertz CT molecular complexity index is 884. The molecule has 0 bridgehead atoms. The minimum atomic E-state index is -0.543. The highest BCUT2D eigenvalue weighted by Gasteiger charge is 2.20. The van der Waals surface area contributed by atoms with Gasteiger partial charge in [0.2, 0.25) is 0 Å². The van der Waals surface area contributed by atoms with Gasteiger partial charge < -0.3 is 15.8 Å². The summed E-state index contributed by atoms with van der Waals surface area (Å²) >= 11 is 5.88. The van der Waals surface area contributed by atoms with Gasteiger partial charge in [-0.2, -0.15) is 0 Å². The molecule has 3 aromatic carbocycles. The zero-order valence-corrected chi connectivity index (χ0v) is 15.6. The number of benzene rings is 3. The summed E-state index contributed by atoms with van der Waals surface area (Å²) in [6, 6.07) is 23.1. The molecule has 0 radical (unpaired) electrons. The molecule has 3 N–H and O–H groups in total. The third kappa shape index (κ3) is 4.92. The molecule has 0 spiro atoms. The first kappa shape index (κ1) is 18.6. The Morgan fingerprint density at radius 2 is 1.56 bits per heavy atom. The zero-order valence-electron chi connectivity index (χ0n) is 14.8. The van der Waals surface area contributed by atoms with E-state index in [9.17, 15) is 4.79 Å². The number of carbonyl (C=O) groups excluding carboxylic acids is 1. The second-order valence-corrected chi connectivity index (χ2v) is 6.36. The molecule has 0 heterocycles. The van der Waals surface area contributed by atoms with Crippen LogP contribution >= 0.6 is 11.6 Å². The zero-order chi connectivity index (χ0) is 19.2. The Morgan fingerprint density at radius 1 is 0.963 bits per heavy atom. The average molecular weight is 382 g/mol. The lowest BCUT2D eigenvalue weighted by Gasteiger charge is -2.26. The number of halogens is 1. The lowest BCUT2D eigenvalue weighted by atomic mass is 10.2. The predicted octanol–water partition coefficient (Wildman–Crippen LogP) is 5.19. The number of anilines is 3. The molecular formula is C21H20ClN3O2. The van der Waals surface area contributed by atoms with Crippen molar-refractivity contribution in [2.75, 3.05) is 10.6 Å². The molecule has 0 aliphatic heterocycles. The van der Waals surface area contributed by atoms with Crippen LogP contribution in [0, 0.1) is 0 Å². The van der Waals surface area contributed by atoms with Crippen LogP contribution in [0.15, 0.2) is 78.9 Å². The van der Waals surface area contributed by atoms with Crippen LogP contribution in [0.2, 0.25) is 5.02 Å². The number of ether oxygens (including phenoxy) is 1. The number of rotatable bonds is 5. The van der Waals surface area contributed by atoms with Crippen LogP contribution in [0.5, 0.6) is 5.75 Å². The molecule has 0 aliphatic rings. The van der Waals surface area contributed by atoms with Crippen molar-refractivity contribution < 1.29 is 9.53 Å². The number of nitrogens with two attached hydrogens (primary N) is 1. The van der Waals surface area contributed by atoms with Crippen LogP contribution in [0.4, 0.5) is 21.9 Å². The van der Waals surface area contributed by atoms with E-state index in [1.165, 1.54) is 0 Å². The van der Waals surface area contributed by atoms with Gasteiger partial charge in [0.05, 0.1) is 11.4 Å². The van der Waals surface area contributed by atoms with Crippen molar-refractivity contribution in [3.63, 3.8) is 0 Å². The van der Waals surface area contributed by atoms with Gasteiger partial charge in [0, 0.05) is 10.7 Å². The largest absolute Gasteiger partial charge is 0.471 e. The maximum absolute atomic E-state index is 13.0. The molecule has 2 amide bonds. The Morgan fingerprint density at radius 3 is 2.19 bits per heavy atom. The molecule has 138 valence electrons. The van der Waals surface area contributed by atoms with Gasteiger partial charge in [-0.15, -0.1) is 0 Å². The quantitative estimate of drug-likeness (QED) is 0.471. The molecule has 0 aromatic heterocycles. The predicted molar refractivity (Wildman–Crippen MR) is 110 cm³/mol. The van der Waals surface area contributed by atoms with E-state index < -0.39 is 6.23 Å². The number of hydrogen-bond acceptors (Lipinski definition) is 3. The van der Waals surface area contributed by atoms with E-state index in [0.717, 1.165) is 5.69 Å². The molecule has 3 aromatic rings. The van der Waals surface area contributed by atoms with E-state index in [1.807, 2.05) is 30.3 Å². The molecule has 3 rings (SSSR count). The van der Waals surface area contributed by atoms with Crippen molar-refractivity contribution >= 4 is 34.7 Å². The minimum absolute atomic E-state index is 0.313. The fourth-order valence-electron chi connectivity index (χ4n) is 2.57. The van der Waals surface area contributed by atoms with E-state index in [2.05, 4.69) is 5.32 Å². The van der Waals surface area contributed by atoms with Crippen molar-refractivity contribution in [2.24, 2.45) is 0 Å². The van der Waals surface area contributed by atoms with Gasteiger partial charge in [0.25, 0.3) is 0 Å². The summed E-state index contributed by atoms with van der Waals surface area (Å²) in [6.45, 7) is 1.76. The first-order valence-electron chi connectivity index (χ1n) is 8.46. The van der Waals surface area contributed by atoms with Crippen LogP contribution in [-0.4, -0.2) is 12.3 Å². The van der Waals surface area contributed by atoms with E-state index in [-0.39, 0.29) is 6.03 Å². The number of nitrogen functional groups attached to an aromatic ring is 1. The van der Waals surface area contributed by atoms with Gasteiger partial charge in [-0.25, -0.2) is 4.79 Å². The Balaban J connectivity index is 1.78. The normalized spacial score (nSPS) is 11.5. The fourth-order valence-corrected chi connectivity index (χ4v) is 2.70. The first-order valence-corrected chi connectivity index (χ1v) is 8.84. The Labute approximate surface area is 163 Å². The number of amides is 2. The van der Waals surface area contributed by atoms with Crippen molar-refractivity contribution in [3.8, 4) is 5.75 Å². The maximum atomic E-state index is 13.0. The lowest BCUT2D eigenvalue weighted by molar-refractivity contribution is 0.181. The molecule has 0 saturated heterocycles. The summed E-state index contributed by atoms with van der Waals surface area (Å²) in [4.78, 5) is 14.5. The smallest absolute Gasteiger partial charge is 0.329 e. The molecule has 1 unspecified atom stereocenters. The van der Waals surface area contributed by atoms with Crippen LogP contribution < -0.4 is 20.7 Å². The second kappa shape index (κ2) is 8.47. The van der Waals surface area contributed by atoms with Gasteiger partial charge in [-0.05, 0) is 67.6 Å². The highest BCUT2D eigenvalue weighted by Crippen LogP contribution is 2.26. The number of nitrogens with one attached hydrogen (secondary N) is 1. The van der Waals surface area contributed by atoms with Crippen molar-refractivity contribution in [1.82, 2.24) is 5.32 Å². The Hall–Kier alpha value is -3.18. The third-order valence-electron chi connectivity index (χ3n) is 3.82. The highest BCUT2D eigenvalue weighted by atomic mass is 35.5. The van der Waals surface area contributed by atoms with E-state index in [0.29, 0.717) is 22.1 Å². The molecule has 0 aliphatic carbocycles. The summed E-state index contributed by atoms with van der Waals surface area (Å²) in [7, 11) is 0. The van der Waals surface area contributed by atoms with E-state index in [4.69, 9.17) is 22.1 Å². The first-order chi connectivity index (χ1) is 13.0. The summed E-state index contributed by atoms with van der Waals surface area (Å²) in [5.41, 5.74) is 7.84. The van der Waals surface area contributed by atoms with Gasteiger partial charge >= 0.3 is 6.03 Å². The fraction of sp³-hybridized carbons (Fsp3) is 0.0952. The van der Waals surface area contributed by atoms with Gasteiger partial charge in [-0.1, -0.05) is 29.8 Å². The number of carbonyl (C=O) groups is 1. The molecule has 27 heavy (non-hydrogen) atoms. The van der Waals surface area contributed by atoms with Gasteiger partial charge in [0.15, 0.2) is 6.23 Å². The maximum Gasteiger partial charge on any atom is 0.329 e. The number of para-hydroxylation sites is 1. The second-order valence-electron chi connectivity index (χ2n) is 5.93. The molecular weight excluding hydrogens is 362 g/mol. The van der Waals surface area contributed by atoms with Crippen LogP contribution in [0.3, 0.4) is 0 Å². The summed E-state index contributed by atoms with van der Waals surface area (Å²) in [5.74, 6) is 0.617. The van der Waals surface area contributed by atoms with Crippen LogP contribution in [0.25, 0.3) is 0 Å². The summed E-state index contributed by atoms with van der Waals surface area (Å²) in [5, 5.41) is 3.48. The standard InChI is InChI=1S/C21H20ClN3O2/c1-15(27-20-13-7-16(22)8-14-20)24-21(26)25(18-5-3-2-4-6-18)19-11-9-17(23)10-12-19/h2-15H,23H2,1H3,(H,24,26). The molecule has 6 heteroatoms. The summed E-state index contributed by atoms with van der Waals surface area (Å²) in [6.07, 6.45) is -0.543. The topological polar surface area (TPSA) is 67.6 Å². The summed E-state index contributed by atoms with van der Waals surface area (Å²) < 4.78 is 5.74. The van der Waals surface area contributed by atoms with Gasteiger partial charge in [0.1, 0.15) is 5.75 Å². The van der Waals surface area contributed by atoms with Crippen molar-refractivity contribution in [3.05, 3.63) is 83.9 Å². The monoisotopic (exact) mass is 381 g/mol. The number of urea groups is 1. The van der Waals surface area contributed by atoms with Crippen molar-refractivity contribution in [1.29, 1.82) is 0 Å². The van der Waals surface area contributed by atoms with Crippen LogP contribution in [-0.2, 0) is 0 Å². The average Bonchev–Trinajstić information content (AvgIpc) is 2.66. The molecule has 5 nitrogen and oxygen atoms in total. The lowest BCUT2D eigenvalue weighted by Crippen LogP contribution is -2.44. The highest BCUT2D eigenvalue weighted by molar-refractivity contribution is 6.30. The Kier molecular flexibility index (Phi) is 5.84. The number of nitrogens with zero attached hydrogens (tertiary/aromatic N) is 1. The molecule has 0 fully saturated rings. The minimum Gasteiger partial charge on any atom is -0.471 e. The van der Waals surface area contributed by atoms with Crippen LogP contribution in [0.1, 0.15) is 6.92 Å². The SMILES string of the molecule is CC(NC(=O)N(c1ccccc1)c1ccc(N)cc1)Oc1ccc(Cl)cc1. The van der Waals surface area contributed by atoms with Gasteiger partial charge in [-0.3, -0.25) is 4.90 Å². The number of hydrogen-bond donors (Lipinski definition) is 2. The molecule has 1 atom stereocenters. The van der Waals surface area contributed by atoms with E-state index >= 15 is 0 Å². The molecule has 0 saturated carbocycles.